The van der Waals surface area contributed by atoms with Crippen LogP contribution in [0.4, 0.5) is 8.78 Å². The molecule has 0 aliphatic carbocycles. The molecule has 3 heterocycles. The molecule has 2 aliphatic rings. The number of aliphatic imine (C=N–C) groups is 1. The van der Waals surface area contributed by atoms with Gasteiger partial charge in [0, 0.05) is 60.5 Å². The molecule has 2 aliphatic heterocycles. The van der Waals surface area contributed by atoms with Crippen LogP contribution < -0.4 is 5.32 Å². The summed E-state index contributed by atoms with van der Waals surface area (Å²) in [5.74, 6) is -1.14. The maximum Gasteiger partial charge on any atom is 0.338 e. The van der Waals surface area contributed by atoms with Gasteiger partial charge in [0.15, 0.2) is 10.8 Å². The van der Waals surface area contributed by atoms with Crippen molar-refractivity contribution in [2.45, 2.75) is 19.1 Å². The van der Waals surface area contributed by atoms with Crippen molar-refractivity contribution < 1.29 is 28.2 Å². The number of halogens is 3. The number of aliphatic hydroxyl groups excluding tert-OH is 1. The van der Waals surface area contributed by atoms with Gasteiger partial charge < -0.3 is 15.2 Å². The maximum atomic E-state index is 14.6. The number of alkyl halides is 1. The quantitative estimate of drug-likeness (QED) is 0.293. The van der Waals surface area contributed by atoms with Crippen molar-refractivity contribution in [2.75, 3.05) is 33.4 Å². The molecule has 8 nitrogen and oxygen atoms in total. The van der Waals surface area contributed by atoms with E-state index in [4.69, 9.17) is 26.4 Å². The third-order valence-corrected chi connectivity index (χ3v) is 6.81. The Morgan fingerprint density at radius 1 is 1.38 bits per heavy atom. The number of amidine groups is 1. The predicted molar refractivity (Wildman–Crippen MR) is 138 cm³/mol. The Morgan fingerprint density at radius 2 is 2.16 bits per heavy atom. The zero-order chi connectivity index (χ0) is 26.9. The fraction of sp³-hybridized carbons (Fsp3) is 0.360. The van der Waals surface area contributed by atoms with Gasteiger partial charge in [-0.1, -0.05) is 23.7 Å². The molecule has 1 fully saturated rings. The number of carbonyl (C=O) groups is 2. The molecular weight excluding hydrogens is 526 g/mol. The summed E-state index contributed by atoms with van der Waals surface area (Å²) in [5.41, 5.74) is 1.12. The van der Waals surface area contributed by atoms with Crippen molar-refractivity contribution in [1.82, 2.24) is 15.2 Å². The van der Waals surface area contributed by atoms with E-state index in [0.717, 1.165) is 13.2 Å². The molecular formula is C25H27ClF2N4O4S. The molecule has 1 aromatic carbocycles. The Morgan fingerprint density at radius 3 is 2.81 bits per heavy atom. The van der Waals surface area contributed by atoms with Crippen LogP contribution in [-0.4, -0.2) is 72.6 Å². The molecule has 1 aromatic heterocycles. The zero-order valence-corrected chi connectivity index (χ0v) is 21.8. The van der Waals surface area contributed by atoms with Gasteiger partial charge in [0.1, 0.15) is 24.3 Å². The smallest absolute Gasteiger partial charge is 0.338 e. The van der Waals surface area contributed by atoms with Gasteiger partial charge in [-0.3, -0.25) is 14.7 Å². The van der Waals surface area contributed by atoms with Crippen LogP contribution in [0, 0.1) is 11.7 Å². The van der Waals surface area contributed by atoms with Crippen LogP contribution in [0.25, 0.3) is 0 Å². The average molecular weight is 553 g/mol. The van der Waals surface area contributed by atoms with E-state index in [1.807, 2.05) is 4.90 Å². The number of hydrogen-bond acceptors (Lipinski definition) is 9. The molecule has 37 heavy (non-hydrogen) atoms. The van der Waals surface area contributed by atoms with Crippen LogP contribution in [0.2, 0.25) is 5.02 Å². The van der Waals surface area contributed by atoms with E-state index < -0.39 is 29.9 Å². The molecule has 12 heteroatoms. The number of carbonyl (C=O) groups excluding carboxylic acids is 2. The normalized spacial score (nSPS) is 21.8. The number of thiazole rings is 1. The maximum absolute atomic E-state index is 14.6. The monoisotopic (exact) mass is 552 g/mol. The van der Waals surface area contributed by atoms with Crippen LogP contribution in [0.5, 0.6) is 0 Å². The Bertz CT molecular complexity index is 1190. The summed E-state index contributed by atoms with van der Waals surface area (Å²) in [6.07, 6.45) is 3.94. The lowest BCUT2D eigenvalue weighted by Crippen LogP contribution is -2.39. The number of rotatable bonds is 8. The van der Waals surface area contributed by atoms with Crippen LogP contribution in [-0.2, 0) is 14.3 Å². The van der Waals surface area contributed by atoms with E-state index in [1.54, 1.807) is 24.6 Å². The van der Waals surface area contributed by atoms with Gasteiger partial charge in [-0.05, 0) is 25.1 Å². The Labute approximate surface area is 222 Å². The summed E-state index contributed by atoms with van der Waals surface area (Å²) in [7, 11) is 1.00. The van der Waals surface area contributed by atoms with E-state index in [-0.39, 0.29) is 30.3 Å². The molecule has 2 N–H and O–H groups in total. The number of nitrogens with one attached hydrogen (secondary N) is 1. The number of nitrogens with zero attached hydrogens (tertiary/aromatic N) is 3. The van der Waals surface area contributed by atoms with Crippen molar-refractivity contribution in [3.05, 3.63) is 74.6 Å². The number of aromatic nitrogens is 1. The molecule has 0 radical (unpaired) electrons. The summed E-state index contributed by atoms with van der Waals surface area (Å²) in [6.45, 7) is 2.51. The van der Waals surface area contributed by atoms with Crippen molar-refractivity contribution in [1.29, 1.82) is 0 Å². The third-order valence-electron chi connectivity index (χ3n) is 5.70. The second-order valence-electron chi connectivity index (χ2n) is 8.02. The van der Waals surface area contributed by atoms with Gasteiger partial charge >= 0.3 is 5.97 Å². The van der Waals surface area contributed by atoms with Gasteiger partial charge in [0.2, 0.25) is 0 Å². The molecule has 0 bridgehead atoms. The number of aldehydes is 1. The molecule has 2 unspecified atom stereocenters. The van der Waals surface area contributed by atoms with Gasteiger partial charge in [-0.15, -0.1) is 11.3 Å². The number of benzene rings is 1. The molecule has 3 atom stereocenters. The predicted octanol–water partition coefficient (Wildman–Crippen LogP) is 3.48. The second-order valence-corrected chi connectivity index (χ2v) is 9.32. The topological polar surface area (TPSA) is 104 Å². The Kier molecular flexibility index (Phi) is 10.4. The highest BCUT2D eigenvalue weighted by Gasteiger charge is 2.37. The molecule has 0 amide bonds. The molecule has 0 saturated carbocycles. The summed E-state index contributed by atoms with van der Waals surface area (Å²) in [5, 5.41) is 12.7. The second kappa shape index (κ2) is 13.5. The summed E-state index contributed by atoms with van der Waals surface area (Å²) in [6, 6.07) is 3.02. The third kappa shape index (κ3) is 6.86. The van der Waals surface area contributed by atoms with Crippen LogP contribution in [0.3, 0.4) is 0 Å². The molecule has 4 rings (SSSR count). The van der Waals surface area contributed by atoms with Crippen LogP contribution in [0.15, 0.2) is 58.2 Å². The van der Waals surface area contributed by atoms with Gasteiger partial charge in [-0.25, -0.2) is 18.6 Å². The first-order valence-corrected chi connectivity index (χ1v) is 12.7. The van der Waals surface area contributed by atoms with E-state index in [1.165, 1.54) is 29.5 Å². The lowest BCUT2D eigenvalue weighted by Gasteiger charge is -2.29. The summed E-state index contributed by atoms with van der Waals surface area (Å²) in [4.78, 5) is 34.7. The first-order chi connectivity index (χ1) is 17.9. The zero-order valence-electron chi connectivity index (χ0n) is 20.2. The average Bonchev–Trinajstić information content (AvgIpc) is 3.54. The highest BCUT2D eigenvalue weighted by atomic mass is 35.5. The van der Waals surface area contributed by atoms with Crippen LogP contribution >= 0.6 is 22.9 Å². The van der Waals surface area contributed by atoms with Crippen molar-refractivity contribution >= 4 is 41.0 Å². The number of likely N-dealkylation sites (tertiary alicyclic amines) is 1. The molecule has 2 aromatic rings. The standard InChI is InChI=1S/C24H23ClF2N4O3S.CH4O/c1-2-34-24(33)20-19(13-31-11-14(4-3-8-32)18(27)12-31)29-22(23-28-7-9-35-23)30-21(20)16-6-5-15(26)10-17(16)25;1-2/h3-10,14,18,21H,2,11-13H2,1H3,(H,29,30);2H,1H3/b4-3+;/t14?,18?,21-;/m0./s1. The molecule has 0 spiro atoms. The lowest BCUT2D eigenvalue weighted by molar-refractivity contribution is -0.139. The minimum Gasteiger partial charge on any atom is -0.463 e. The lowest BCUT2D eigenvalue weighted by atomic mass is 9.95. The van der Waals surface area contributed by atoms with E-state index in [9.17, 15) is 18.4 Å². The fourth-order valence-electron chi connectivity index (χ4n) is 4.16. The van der Waals surface area contributed by atoms with Crippen molar-refractivity contribution in [3.63, 3.8) is 0 Å². The van der Waals surface area contributed by atoms with Gasteiger partial charge in [0.25, 0.3) is 0 Å². The number of ether oxygens (including phenoxy) is 1. The van der Waals surface area contributed by atoms with Gasteiger partial charge in [-0.2, -0.15) is 0 Å². The van der Waals surface area contributed by atoms with E-state index in [2.05, 4.69) is 10.3 Å². The van der Waals surface area contributed by atoms with E-state index in [0.29, 0.717) is 34.9 Å². The number of esters is 1. The molecule has 1 saturated heterocycles. The fourth-order valence-corrected chi connectivity index (χ4v) is 5.02. The highest BCUT2D eigenvalue weighted by Crippen LogP contribution is 2.37. The van der Waals surface area contributed by atoms with Crippen molar-refractivity contribution in [2.24, 2.45) is 10.9 Å². The first-order valence-electron chi connectivity index (χ1n) is 11.4. The number of aliphatic hydroxyl groups is 1. The van der Waals surface area contributed by atoms with E-state index >= 15 is 0 Å². The number of allylic oxidation sites excluding steroid dienone is 1. The Hall–Kier alpha value is -2.99. The molecule has 198 valence electrons. The number of hydrogen-bond donors (Lipinski definition) is 2. The van der Waals surface area contributed by atoms with Crippen LogP contribution in [0.1, 0.15) is 23.5 Å². The minimum atomic E-state index is -1.16. The minimum absolute atomic E-state index is 0.115. The SMILES string of the molecule is CCOC(=O)C1=C(CN2CC(F)C(/C=C/C=O)C2)NC(c2nccs2)=N[C@H]1c1ccc(F)cc1Cl.CO. The summed E-state index contributed by atoms with van der Waals surface area (Å²) >= 11 is 7.73. The Balaban J connectivity index is 0.00000186. The van der Waals surface area contributed by atoms with Crippen molar-refractivity contribution in [3.8, 4) is 0 Å². The largest absolute Gasteiger partial charge is 0.463 e. The highest BCUT2D eigenvalue weighted by molar-refractivity contribution is 7.11. The van der Waals surface area contributed by atoms with Gasteiger partial charge in [0.05, 0.1) is 12.2 Å². The first kappa shape index (κ1) is 28.6. The summed E-state index contributed by atoms with van der Waals surface area (Å²) < 4.78 is 33.7.